The second-order valence-electron chi connectivity index (χ2n) is 7.10. The minimum absolute atomic E-state index is 0.230. The van der Waals surface area contributed by atoms with Gasteiger partial charge in [-0.25, -0.2) is 14.4 Å². The van der Waals surface area contributed by atoms with E-state index in [4.69, 9.17) is 16.3 Å². The van der Waals surface area contributed by atoms with E-state index in [2.05, 4.69) is 32.8 Å². The van der Waals surface area contributed by atoms with Crippen LogP contribution in [0.1, 0.15) is 5.56 Å². The fraction of sp³-hybridized carbons (Fsp3) is 0.0400. The zero-order chi connectivity index (χ0) is 21.9. The minimum atomic E-state index is -0.295. The van der Waals surface area contributed by atoms with Crippen LogP contribution in [0.4, 0.5) is 15.9 Å². The molecule has 7 heteroatoms. The molecular weight excluding hydrogens is 445 g/mol. The predicted molar refractivity (Wildman–Crippen MR) is 128 cm³/mol. The second-order valence-corrected chi connectivity index (χ2v) is 8.39. The molecule has 0 saturated heterocycles. The molecule has 0 unspecified atom stereocenters. The fourth-order valence-corrected chi connectivity index (χ4v) is 4.59. The van der Waals surface area contributed by atoms with Crippen molar-refractivity contribution < 1.29 is 9.13 Å². The molecule has 5 aromatic rings. The summed E-state index contributed by atoms with van der Waals surface area (Å²) < 4.78 is 20.1. The maximum atomic E-state index is 13.3. The molecule has 3 aromatic carbocycles. The van der Waals surface area contributed by atoms with Crippen LogP contribution in [0.25, 0.3) is 21.3 Å². The van der Waals surface area contributed by atoms with Crippen LogP contribution < -0.4 is 10.1 Å². The first-order valence-electron chi connectivity index (χ1n) is 9.89. The summed E-state index contributed by atoms with van der Waals surface area (Å²) in [6, 6.07) is 21.9. The highest BCUT2D eigenvalue weighted by Gasteiger charge is 2.13. The summed E-state index contributed by atoms with van der Waals surface area (Å²) in [5.41, 5.74) is 4.61. The summed E-state index contributed by atoms with van der Waals surface area (Å²) >= 11 is 8.02. The Morgan fingerprint density at radius 1 is 0.969 bits per heavy atom. The standard InChI is InChI=1S/C25H17ClFN3OS/c26-21-12-19(9-10-22(21)31-13-16-5-4-8-18(27)11-16)30-25-24-23(28-15-29-25)20(14-32-24)17-6-2-1-3-7-17/h1-12,14-15H,13H2,(H,28,29,30). The minimum Gasteiger partial charge on any atom is -0.487 e. The number of benzene rings is 3. The molecule has 2 heterocycles. The number of fused-ring (bicyclic) bond motifs is 1. The molecule has 0 aliphatic carbocycles. The smallest absolute Gasteiger partial charge is 0.151 e. The Bertz CT molecular complexity index is 1390. The molecule has 0 atom stereocenters. The van der Waals surface area contributed by atoms with Gasteiger partial charge in [0.05, 0.1) is 15.2 Å². The SMILES string of the molecule is Fc1cccc(COc2ccc(Nc3ncnc4c(-c5ccccc5)csc34)cc2Cl)c1. The molecule has 0 spiro atoms. The van der Waals surface area contributed by atoms with E-state index in [-0.39, 0.29) is 12.4 Å². The molecule has 5 rings (SSSR count). The number of anilines is 2. The van der Waals surface area contributed by atoms with Gasteiger partial charge in [0.15, 0.2) is 5.82 Å². The van der Waals surface area contributed by atoms with Gasteiger partial charge >= 0.3 is 0 Å². The third-order valence-corrected chi connectivity index (χ3v) is 6.19. The molecule has 0 amide bonds. The van der Waals surface area contributed by atoms with Crippen LogP contribution in [0.2, 0.25) is 5.02 Å². The van der Waals surface area contributed by atoms with Crippen molar-refractivity contribution in [2.45, 2.75) is 6.61 Å². The summed E-state index contributed by atoms with van der Waals surface area (Å²) in [7, 11) is 0. The topological polar surface area (TPSA) is 47.0 Å². The van der Waals surface area contributed by atoms with Gasteiger partial charge in [-0.05, 0) is 41.5 Å². The number of ether oxygens (including phenoxy) is 1. The molecule has 0 radical (unpaired) electrons. The molecule has 0 fully saturated rings. The highest BCUT2D eigenvalue weighted by molar-refractivity contribution is 7.18. The molecule has 0 saturated carbocycles. The van der Waals surface area contributed by atoms with Crippen molar-refractivity contribution in [3.05, 3.63) is 101 Å². The van der Waals surface area contributed by atoms with E-state index in [1.807, 2.05) is 24.3 Å². The summed E-state index contributed by atoms with van der Waals surface area (Å²) in [4.78, 5) is 8.92. The van der Waals surface area contributed by atoms with Gasteiger partial charge in [0.1, 0.15) is 24.5 Å². The fourth-order valence-electron chi connectivity index (χ4n) is 3.38. The van der Waals surface area contributed by atoms with Crippen molar-refractivity contribution in [3.63, 3.8) is 0 Å². The van der Waals surface area contributed by atoms with Gasteiger partial charge in [-0.1, -0.05) is 54.1 Å². The largest absolute Gasteiger partial charge is 0.487 e. The van der Waals surface area contributed by atoms with Crippen LogP contribution in [0.5, 0.6) is 5.75 Å². The number of nitrogens with one attached hydrogen (secondary N) is 1. The summed E-state index contributed by atoms with van der Waals surface area (Å²) in [6.07, 6.45) is 1.56. The Balaban J connectivity index is 1.36. The van der Waals surface area contributed by atoms with E-state index in [9.17, 15) is 4.39 Å². The van der Waals surface area contributed by atoms with E-state index < -0.39 is 0 Å². The highest BCUT2D eigenvalue weighted by Crippen LogP contribution is 2.37. The van der Waals surface area contributed by atoms with Crippen molar-refractivity contribution >= 4 is 44.7 Å². The van der Waals surface area contributed by atoms with Crippen molar-refractivity contribution in [1.82, 2.24) is 9.97 Å². The molecule has 4 nitrogen and oxygen atoms in total. The van der Waals surface area contributed by atoms with E-state index in [1.54, 1.807) is 41.9 Å². The Hall–Kier alpha value is -3.48. The molecule has 0 aliphatic heterocycles. The van der Waals surface area contributed by atoms with Gasteiger partial charge in [-0.3, -0.25) is 0 Å². The van der Waals surface area contributed by atoms with Gasteiger partial charge in [-0.15, -0.1) is 11.3 Å². The maximum absolute atomic E-state index is 13.3. The molecular formula is C25H17ClFN3OS. The average molecular weight is 462 g/mol. The van der Waals surface area contributed by atoms with Gasteiger partial charge < -0.3 is 10.1 Å². The van der Waals surface area contributed by atoms with Crippen LogP contribution in [0.3, 0.4) is 0 Å². The molecule has 2 aromatic heterocycles. The second kappa shape index (κ2) is 8.94. The maximum Gasteiger partial charge on any atom is 0.151 e. The summed E-state index contributed by atoms with van der Waals surface area (Å²) in [6.45, 7) is 0.230. The zero-order valence-corrected chi connectivity index (χ0v) is 18.3. The third-order valence-electron chi connectivity index (χ3n) is 4.92. The zero-order valence-electron chi connectivity index (χ0n) is 16.8. The van der Waals surface area contributed by atoms with E-state index in [0.29, 0.717) is 16.6 Å². The average Bonchev–Trinajstić information content (AvgIpc) is 3.24. The van der Waals surface area contributed by atoms with Crippen molar-refractivity contribution in [1.29, 1.82) is 0 Å². The number of nitrogens with zero attached hydrogens (tertiary/aromatic N) is 2. The number of halogens is 2. The van der Waals surface area contributed by atoms with Crippen molar-refractivity contribution in [2.75, 3.05) is 5.32 Å². The molecule has 1 N–H and O–H groups in total. The summed E-state index contributed by atoms with van der Waals surface area (Å²) in [5.74, 6) is 0.945. The van der Waals surface area contributed by atoms with Crippen LogP contribution in [-0.4, -0.2) is 9.97 Å². The van der Waals surface area contributed by atoms with Crippen LogP contribution >= 0.6 is 22.9 Å². The first kappa shape index (κ1) is 20.4. The van der Waals surface area contributed by atoms with Crippen molar-refractivity contribution in [2.24, 2.45) is 0 Å². The Kier molecular flexibility index (Phi) is 5.71. The lowest BCUT2D eigenvalue weighted by molar-refractivity contribution is 0.306. The number of rotatable bonds is 6. The summed E-state index contributed by atoms with van der Waals surface area (Å²) in [5, 5.41) is 5.88. The number of thiophene rings is 1. The molecule has 158 valence electrons. The van der Waals surface area contributed by atoms with Gasteiger partial charge in [0, 0.05) is 16.6 Å². The first-order chi connectivity index (χ1) is 15.7. The lowest BCUT2D eigenvalue weighted by Gasteiger charge is -2.11. The van der Waals surface area contributed by atoms with Crippen LogP contribution in [0, 0.1) is 5.82 Å². The monoisotopic (exact) mass is 461 g/mol. The molecule has 32 heavy (non-hydrogen) atoms. The van der Waals surface area contributed by atoms with Gasteiger partial charge in [0.2, 0.25) is 0 Å². The van der Waals surface area contributed by atoms with Crippen molar-refractivity contribution in [3.8, 4) is 16.9 Å². The lowest BCUT2D eigenvalue weighted by Crippen LogP contribution is -1.98. The predicted octanol–water partition coefficient (Wildman–Crippen LogP) is 7.47. The Morgan fingerprint density at radius 2 is 1.84 bits per heavy atom. The van der Waals surface area contributed by atoms with E-state index in [1.165, 1.54) is 12.1 Å². The molecule has 0 aliphatic rings. The number of aromatic nitrogens is 2. The normalized spacial score (nSPS) is 10.9. The number of hydrogen-bond acceptors (Lipinski definition) is 5. The van der Waals surface area contributed by atoms with Crippen LogP contribution in [-0.2, 0) is 6.61 Å². The van der Waals surface area contributed by atoms with E-state index >= 15 is 0 Å². The molecule has 0 bridgehead atoms. The Labute approximate surface area is 193 Å². The van der Waals surface area contributed by atoms with Crippen LogP contribution in [0.15, 0.2) is 84.5 Å². The highest BCUT2D eigenvalue weighted by atomic mass is 35.5. The van der Waals surface area contributed by atoms with Gasteiger partial charge in [0.25, 0.3) is 0 Å². The third kappa shape index (κ3) is 4.28. The lowest BCUT2D eigenvalue weighted by atomic mass is 10.1. The first-order valence-corrected chi connectivity index (χ1v) is 11.1. The Morgan fingerprint density at radius 3 is 2.66 bits per heavy atom. The van der Waals surface area contributed by atoms with E-state index in [0.717, 1.165) is 32.6 Å². The number of hydrogen-bond donors (Lipinski definition) is 1. The van der Waals surface area contributed by atoms with Gasteiger partial charge in [-0.2, -0.15) is 0 Å². The quantitative estimate of drug-likeness (QED) is 0.285.